The molecular weight excluding hydrogens is 342 g/mol. The van der Waals surface area contributed by atoms with E-state index in [-0.39, 0.29) is 24.0 Å². The molecule has 1 N–H and O–H groups in total. The van der Waals surface area contributed by atoms with Gasteiger partial charge in [0.1, 0.15) is 13.2 Å². The maximum absolute atomic E-state index is 12.9. The number of rotatable bonds is 5. The van der Waals surface area contributed by atoms with E-state index in [0.29, 0.717) is 13.2 Å². The second-order valence-corrected chi connectivity index (χ2v) is 7.12. The van der Waals surface area contributed by atoms with Gasteiger partial charge in [0, 0.05) is 13.2 Å². The van der Waals surface area contributed by atoms with Crippen LogP contribution < -0.4 is 14.8 Å². The Bertz CT molecular complexity index is 779. The van der Waals surface area contributed by atoms with E-state index in [1.165, 1.54) is 0 Å². The van der Waals surface area contributed by atoms with Crippen LogP contribution in [0.15, 0.2) is 42.6 Å². The Morgan fingerprint density at radius 1 is 1.11 bits per heavy atom. The molecule has 1 aromatic carbocycles. The molecule has 2 aromatic rings. The van der Waals surface area contributed by atoms with E-state index >= 15 is 0 Å². The molecular formula is C21H27N3O3. The average Bonchev–Trinajstić information content (AvgIpc) is 2.70. The van der Waals surface area contributed by atoms with Crippen LogP contribution in [0.3, 0.4) is 0 Å². The normalized spacial score (nSPS) is 15.1. The van der Waals surface area contributed by atoms with E-state index in [4.69, 9.17) is 9.47 Å². The standard InChI is InChI=1S/C21H27N3O3/c1-14(2)20(16-8-9-18-19(13-16)27-12-11-26-18)23-21(25)24(4)15(3)17-7-5-6-10-22-17/h5-10,13-15,20H,11-12H2,1-4H3,(H,23,25). The molecule has 1 aromatic heterocycles. The predicted molar refractivity (Wildman–Crippen MR) is 104 cm³/mol. The third kappa shape index (κ3) is 4.32. The molecule has 2 amide bonds. The summed E-state index contributed by atoms with van der Waals surface area (Å²) in [6.45, 7) is 7.25. The van der Waals surface area contributed by atoms with Crippen LogP contribution in [0.2, 0.25) is 0 Å². The molecule has 1 aliphatic heterocycles. The van der Waals surface area contributed by atoms with Crippen LogP contribution in [0, 0.1) is 5.92 Å². The smallest absolute Gasteiger partial charge is 0.318 e. The molecule has 0 fully saturated rings. The number of hydrogen-bond donors (Lipinski definition) is 1. The van der Waals surface area contributed by atoms with Gasteiger partial charge in [-0.2, -0.15) is 0 Å². The third-order valence-electron chi connectivity index (χ3n) is 4.89. The lowest BCUT2D eigenvalue weighted by Crippen LogP contribution is -2.42. The number of nitrogens with one attached hydrogen (secondary N) is 1. The molecule has 0 saturated heterocycles. The SMILES string of the molecule is CC(C)C(NC(=O)N(C)C(C)c1ccccn1)c1ccc2c(c1)OCCO2. The molecule has 2 heterocycles. The van der Waals surface area contributed by atoms with Gasteiger partial charge < -0.3 is 19.7 Å². The molecule has 0 spiro atoms. The van der Waals surface area contributed by atoms with E-state index in [1.807, 2.05) is 43.3 Å². The number of urea groups is 1. The van der Waals surface area contributed by atoms with Crippen LogP contribution in [-0.4, -0.2) is 36.2 Å². The molecule has 1 aliphatic rings. The number of hydrogen-bond acceptors (Lipinski definition) is 4. The summed E-state index contributed by atoms with van der Waals surface area (Å²) in [5, 5.41) is 3.15. The molecule has 27 heavy (non-hydrogen) atoms. The van der Waals surface area contributed by atoms with Crippen LogP contribution >= 0.6 is 0 Å². The molecule has 6 heteroatoms. The Kier molecular flexibility index (Phi) is 5.84. The Morgan fingerprint density at radius 2 is 1.85 bits per heavy atom. The highest BCUT2D eigenvalue weighted by Crippen LogP contribution is 2.34. The van der Waals surface area contributed by atoms with Crippen molar-refractivity contribution >= 4 is 6.03 Å². The van der Waals surface area contributed by atoms with Crippen LogP contribution in [-0.2, 0) is 0 Å². The first-order valence-electron chi connectivity index (χ1n) is 9.31. The molecule has 3 rings (SSSR count). The van der Waals surface area contributed by atoms with Crippen molar-refractivity contribution in [2.45, 2.75) is 32.9 Å². The van der Waals surface area contributed by atoms with E-state index in [0.717, 1.165) is 22.8 Å². The highest BCUT2D eigenvalue weighted by Gasteiger charge is 2.25. The fourth-order valence-corrected chi connectivity index (χ4v) is 3.12. The van der Waals surface area contributed by atoms with Gasteiger partial charge in [-0.25, -0.2) is 4.79 Å². The van der Waals surface area contributed by atoms with Gasteiger partial charge in [0.05, 0.1) is 17.8 Å². The van der Waals surface area contributed by atoms with E-state index < -0.39 is 0 Å². The topological polar surface area (TPSA) is 63.7 Å². The zero-order chi connectivity index (χ0) is 19.4. The first-order valence-corrected chi connectivity index (χ1v) is 9.31. The molecule has 2 unspecified atom stereocenters. The van der Waals surface area contributed by atoms with Crippen LogP contribution in [0.1, 0.15) is 44.1 Å². The van der Waals surface area contributed by atoms with Gasteiger partial charge in [-0.3, -0.25) is 4.98 Å². The highest BCUT2D eigenvalue weighted by molar-refractivity contribution is 5.75. The number of ether oxygens (including phenoxy) is 2. The summed E-state index contributed by atoms with van der Waals surface area (Å²) in [6, 6.07) is 11.2. The van der Waals surface area contributed by atoms with Crippen molar-refractivity contribution in [2.24, 2.45) is 5.92 Å². The van der Waals surface area contributed by atoms with Gasteiger partial charge in [0.2, 0.25) is 0 Å². The quantitative estimate of drug-likeness (QED) is 0.867. The van der Waals surface area contributed by atoms with Crippen molar-refractivity contribution in [3.8, 4) is 11.5 Å². The van der Waals surface area contributed by atoms with Crippen molar-refractivity contribution in [3.63, 3.8) is 0 Å². The number of carbonyl (C=O) groups excluding carboxylic acids is 1. The second kappa shape index (κ2) is 8.29. The summed E-state index contributed by atoms with van der Waals surface area (Å²) in [6.07, 6.45) is 1.74. The molecule has 2 atom stereocenters. The van der Waals surface area contributed by atoms with Gasteiger partial charge in [0.15, 0.2) is 11.5 Å². The Labute approximate surface area is 160 Å². The maximum Gasteiger partial charge on any atom is 0.318 e. The number of pyridine rings is 1. The maximum atomic E-state index is 12.9. The minimum Gasteiger partial charge on any atom is -0.486 e. The lowest BCUT2D eigenvalue weighted by molar-refractivity contribution is 0.170. The number of fused-ring (bicyclic) bond motifs is 1. The van der Waals surface area contributed by atoms with Crippen molar-refractivity contribution in [1.29, 1.82) is 0 Å². The van der Waals surface area contributed by atoms with Gasteiger partial charge in [-0.1, -0.05) is 26.0 Å². The summed E-state index contributed by atoms with van der Waals surface area (Å²) >= 11 is 0. The van der Waals surface area contributed by atoms with Gasteiger partial charge in [0.25, 0.3) is 0 Å². The predicted octanol–water partition coefficient (Wildman–Crippen LogP) is 3.95. The number of carbonyl (C=O) groups is 1. The van der Waals surface area contributed by atoms with Crippen molar-refractivity contribution in [3.05, 3.63) is 53.9 Å². The Hall–Kier alpha value is -2.76. The molecule has 0 aliphatic carbocycles. The molecule has 144 valence electrons. The number of aromatic nitrogens is 1. The molecule has 6 nitrogen and oxygen atoms in total. The number of amides is 2. The van der Waals surface area contributed by atoms with Gasteiger partial charge in [-0.15, -0.1) is 0 Å². The van der Waals surface area contributed by atoms with Crippen molar-refractivity contribution < 1.29 is 14.3 Å². The fourth-order valence-electron chi connectivity index (χ4n) is 3.12. The average molecular weight is 369 g/mol. The molecule has 0 bridgehead atoms. The van der Waals surface area contributed by atoms with Crippen molar-refractivity contribution in [1.82, 2.24) is 15.2 Å². The minimum absolute atomic E-state index is 0.126. The van der Waals surface area contributed by atoms with Crippen LogP contribution in [0.25, 0.3) is 0 Å². The van der Waals surface area contributed by atoms with Crippen LogP contribution in [0.4, 0.5) is 4.79 Å². The number of nitrogens with zero attached hydrogens (tertiary/aromatic N) is 2. The minimum atomic E-state index is -0.137. The largest absolute Gasteiger partial charge is 0.486 e. The van der Waals surface area contributed by atoms with Gasteiger partial charge >= 0.3 is 6.03 Å². The molecule has 0 radical (unpaired) electrons. The summed E-state index contributed by atoms with van der Waals surface area (Å²) in [4.78, 5) is 18.9. The summed E-state index contributed by atoms with van der Waals surface area (Å²) in [5.41, 5.74) is 1.86. The second-order valence-electron chi connectivity index (χ2n) is 7.12. The lowest BCUT2D eigenvalue weighted by Gasteiger charge is -2.30. The van der Waals surface area contributed by atoms with E-state index in [2.05, 4.69) is 24.1 Å². The third-order valence-corrected chi connectivity index (χ3v) is 4.89. The van der Waals surface area contributed by atoms with Crippen LogP contribution in [0.5, 0.6) is 11.5 Å². The zero-order valence-electron chi connectivity index (χ0n) is 16.3. The summed E-state index contributed by atoms with van der Waals surface area (Å²) in [7, 11) is 1.79. The number of benzene rings is 1. The Morgan fingerprint density at radius 3 is 2.52 bits per heavy atom. The van der Waals surface area contributed by atoms with E-state index in [1.54, 1.807) is 18.1 Å². The first kappa shape index (κ1) is 19.0. The van der Waals surface area contributed by atoms with Crippen molar-refractivity contribution in [2.75, 3.05) is 20.3 Å². The fraction of sp³-hybridized carbons (Fsp3) is 0.429. The zero-order valence-corrected chi connectivity index (χ0v) is 16.3. The van der Waals surface area contributed by atoms with Gasteiger partial charge in [-0.05, 0) is 42.7 Å². The highest BCUT2D eigenvalue weighted by atomic mass is 16.6. The van der Waals surface area contributed by atoms with E-state index in [9.17, 15) is 4.79 Å². The monoisotopic (exact) mass is 369 g/mol. The molecule has 0 saturated carbocycles. The first-order chi connectivity index (χ1) is 13.0. The summed E-state index contributed by atoms with van der Waals surface area (Å²) < 4.78 is 11.3. The summed E-state index contributed by atoms with van der Waals surface area (Å²) in [5.74, 6) is 1.70. The lowest BCUT2D eigenvalue weighted by atomic mass is 9.95. The Balaban J connectivity index is 1.75.